The Balaban J connectivity index is 1.73. The highest BCUT2D eigenvalue weighted by atomic mass is 79.9. The molecule has 0 unspecified atom stereocenters. The van der Waals surface area contributed by atoms with Crippen molar-refractivity contribution in [2.45, 2.75) is 13.8 Å². The van der Waals surface area contributed by atoms with E-state index in [1.807, 2.05) is 67.6 Å². The largest absolute Gasteiger partial charge is 0.483 e. The van der Waals surface area contributed by atoms with Gasteiger partial charge in [0.1, 0.15) is 5.75 Å². The third-order valence-corrected chi connectivity index (χ3v) is 4.80. The van der Waals surface area contributed by atoms with E-state index in [-0.39, 0.29) is 12.5 Å². The van der Waals surface area contributed by atoms with Crippen molar-refractivity contribution in [3.8, 4) is 5.75 Å². The molecule has 0 aliphatic carbocycles. The van der Waals surface area contributed by atoms with Crippen LogP contribution in [0.4, 0.5) is 11.4 Å². The van der Waals surface area contributed by atoms with Gasteiger partial charge in [-0.05, 0) is 61.4 Å². The van der Waals surface area contributed by atoms with Crippen LogP contribution in [0.15, 0.2) is 76.2 Å². The van der Waals surface area contributed by atoms with Gasteiger partial charge in [0.15, 0.2) is 6.61 Å². The summed E-state index contributed by atoms with van der Waals surface area (Å²) in [7, 11) is 0. The Labute approximate surface area is 173 Å². The van der Waals surface area contributed by atoms with Crippen LogP contribution in [0.25, 0.3) is 0 Å². The van der Waals surface area contributed by atoms with Crippen LogP contribution < -0.4 is 10.1 Å². The lowest BCUT2D eigenvalue weighted by atomic mass is 10.1. The third-order valence-electron chi connectivity index (χ3n) is 4.31. The average Bonchev–Trinajstić information content (AvgIpc) is 2.69. The van der Waals surface area contributed by atoms with Crippen molar-refractivity contribution >= 4 is 39.4 Å². The molecule has 0 spiro atoms. The predicted octanol–water partition coefficient (Wildman–Crippen LogP) is 5.83. The van der Waals surface area contributed by atoms with Crippen molar-refractivity contribution < 1.29 is 9.53 Å². The molecule has 4 nitrogen and oxygen atoms in total. The first-order valence-electron chi connectivity index (χ1n) is 8.90. The molecule has 0 saturated heterocycles. The van der Waals surface area contributed by atoms with Crippen LogP contribution in [0, 0.1) is 13.8 Å². The van der Waals surface area contributed by atoms with Crippen molar-refractivity contribution in [3.63, 3.8) is 0 Å². The molecule has 0 aliphatic rings. The van der Waals surface area contributed by atoms with Gasteiger partial charge in [0.2, 0.25) is 0 Å². The summed E-state index contributed by atoms with van der Waals surface area (Å²) < 4.78 is 6.66. The Morgan fingerprint density at radius 3 is 2.64 bits per heavy atom. The molecule has 0 aromatic heterocycles. The lowest BCUT2D eigenvalue weighted by molar-refractivity contribution is -0.118. The van der Waals surface area contributed by atoms with Gasteiger partial charge in [-0.1, -0.05) is 46.3 Å². The van der Waals surface area contributed by atoms with Gasteiger partial charge in [0, 0.05) is 21.9 Å². The Morgan fingerprint density at radius 1 is 1.07 bits per heavy atom. The van der Waals surface area contributed by atoms with E-state index in [0.717, 1.165) is 27.0 Å². The van der Waals surface area contributed by atoms with E-state index in [1.54, 1.807) is 6.21 Å². The molecule has 0 fully saturated rings. The minimum atomic E-state index is -0.216. The number of carbonyl (C=O) groups excluding carboxylic acids is 1. The second kappa shape index (κ2) is 9.33. The summed E-state index contributed by atoms with van der Waals surface area (Å²) in [4.78, 5) is 16.8. The molecule has 0 radical (unpaired) electrons. The van der Waals surface area contributed by atoms with Gasteiger partial charge in [-0.15, -0.1) is 0 Å². The number of nitrogens with one attached hydrogen (secondary N) is 1. The maximum atomic E-state index is 12.1. The Hall–Kier alpha value is -2.92. The summed E-state index contributed by atoms with van der Waals surface area (Å²) in [5.41, 5.74) is 4.77. The Morgan fingerprint density at radius 2 is 1.86 bits per heavy atom. The molecule has 3 aromatic rings. The number of anilines is 1. The Kier molecular flexibility index (Phi) is 6.61. The molecular weight excluding hydrogens is 416 g/mol. The van der Waals surface area contributed by atoms with E-state index >= 15 is 0 Å². The SMILES string of the molecule is Cc1cccc(N=Cc2cc(Br)ccc2OCC(=O)Nc2ccccc2)c1C. The monoisotopic (exact) mass is 436 g/mol. The normalized spacial score (nSPS) is 10.8. The smallest absolute Gasteiger partial charge is 0.262 e. The van der Waals surface area contributed by atoms with Crippen LogP contribution in [0.3, 0.4) is 0 Å². The van der Waals surface area contributed by atoms with Crippen LogP contribution in [0.5, 0.6) is 5.75 Å². The van der Waals surface area contributed by atoms with Crippen LogP contribution in [-0.2, 0) is 4.79 Å². The molecule has 5 heteroatoms. The number of para-hydroxylation sites is 1. The van der Waals surface area contributed by atoms with Crippen LogP contribution >= 0.6 is 15.9 Å². The van der Waals surface area contributed by atoms with Gasteiger partial charge in [-0.2, -0.15) is 0 Å². The molecule has 1 amide bonds. The van der Waals surface area contributed by atoms with E-state index in [9.17, 15) is 4.79 Å². The fourth-order valence-electron chi connectivity index (χ4n) is 2.63. The highest BCUT2D eigenvalue weighted by Gasteiger charge is 2.08. The van der Waals surface area contributed by atoms with E-state index < -0.39 is 0 Å². The summed E-state index contributed by atoms with van der Waals surface area (Å²) in [5, 5.41) is 2.81. The number of aliphatic imine (C=N–C) groups is 1. The summed E-state index contributed by atoms with van der Waals surface area (Å²) in [6, 6.07) is 20.9. The van der Waals surface area contributed by atoms with Gasteiger partial charge in [0.25, 0.3) is 5.91 Å². The Bertz CT molecular complexity index is 1000. The molecule has 0 bridgehead atoms. The van der Waals surface area contributed by atoms with Gasteiger partial charge in [-0.25, -0.2) is 0 Å². The fraction of sp³-hybridized carbons (Fsp3) is 0.130. The van der Waals surface area contributed by atoms with Gasteiger partial charge in [0.05, 0.1) is 5.69 Å². The quantitative estimate of drug-likeness (QED) is 0.493. The molecule has 142 valence electrons. The zero-order chi connectivity index (χ0) is 19.9. The molecule has 1 N–H and O–H groups in total. The highest BCUT2D eigenvalue weighted by molar-refractivity contribution is 9.10. The van der Waals surface area contributed by atoms with E-state index in [4.69, 9.17) is 4.74 Å². The molecule has 0 heterocycles. The maximum absolute atomic E-state index is 12.1. The zero-order valence-electron chi connectivity index (χ0n) is 15.8. The maximum Gasteiger partial charge on any atom is 0.262 e. The van der Waals surface area contributed by atoms with Crippen molar-refractivity contribution in [3.05, 3.63) is 87.9 Å². The van der Waals surface area contributed by atoms with Crippen LogP contribution in [-0.4, -0.2) is 18.7 Å². The van der Waals surface area contributed by atoms with E-state index in [1.165, 1.54) is 5.56 Å². The van der Waals surface area contributed by atoms with Crippen molar-refractivity contribution in [1.29, 1.82) is 0 Å². The fourth-order valence-corrected chi connectivity index (χ4v) is 3.01. The zero-order valence-corrected chi connectivity index (χ0v) is 17.4. The molecule has 3 rings (SSSR count). The number of rotatable bonds is 6. The minimum absolute atomic E-state index is 0.0825. The topological polar surface area (TPSA) is 50.7 Å². The summed E-state index contributed by atoms with van der Waals surface area (Å²) in [5.74, 6) is 0.381. The van der Waals surface area contributed by atoms with E-state index in [2.05, 4.69) is 39.2 Å². The predicted molar refractivity (Wildman–Crippen MR) is 118 cm³/mol. The summed E-state index contributed by atoms with van der Waals surface area (Å²) in [6.07, 6.45) is 1.76. The summed E-state index contributed by atoms with van der Waals surface area (Å²) >= 11 is 3.48. The first kappa shape index (κ1) is 19.8. The number of aryl methyl sites for hydroxylation is 1. The number of halogens is 1. The first-order chi connectivity index (χ1) is 13.5. The number of nitrogens with zero attached hydrogens (tertiary/aromatic N) is 1. The minimum Gasteiger partial charge on any atom is -0.483 e. The standard InChI is InChI=1S/C23H21BrN2O2/c1-16-7-6-10-21(17(16)2)25-14-18-13-19(24)11-12-22(18)28-15-23(27)26-20-8-4-3-5-9-20/h3-14H,15H2,1-2H3,(H,26,27). The molecular formula is C23H21BrN2O2. The highest BCUT2D eigenvalue weighted by Crippen LogP contribution is 2.25. The van der Waals surface area contributed by atoms with Gasteiger partial charge < -0.3 is 10.1 Å². The second-order valence-corrected chi connectivity index (χ2v) is 7.28. The summed E-state index contributed by atoms with van der Waals surface area (Å²) in [6.45, 7) is 4.03. The van der Waals surface area contributed by atoms with Crippen molar-refractivity contribution in [1.82, 2.24) is 0 Å². The molecule has 0 saturated carbocycles. The number of hydrogen-bond acceptors (Lipinski definition) is 3. The first-order valence-corrected chi connectivity index (χ1v) is 9.70. The average molecular weight is 437 g/mol. The van der Waals surface area contributed by atoms with Gasteiger partial charge >= 0.3 is 0 Å². The second-order valence-electron chi connectivity index (χ2n) is 6.36. The number of ether oxygens (including phenoxy) is 1. The molecule has 3 aromatic carbocycles. The third kappa shape index (κ3) is 5.30. The molecule has 28 heavy (non-hydrogen) atoms. The lowest BCUT2D eigenvalue weighted by Gasteiger charge is -2.10. The van der Waals surface area contributed by atoms with Crippen molar-refractivity contribution in [2.75, 3.05) is 11.9 Å². The lowest BCUT2D eigenvalue weighted by Crippen LogP contribution is -2.20. The van der Waals surface area contributed by atoms with Gasteiger partial charge in [-0.3, -0.25) is 9.79 Å². The van der Waals surface area contributed by atoms with Crippen LogP contribution in [0.2, 0.25) is 0 Å². The van der Waals surface area contributed by atoms with E-state index in [0.29, 0.717) is 5.75 Å². The van der Waals surface area contributed by atoms with Crippen molar-refractivity contribution in [2.24, 2.45) is 4.99 Å². The molecule has 0 aliphatic heterocycles. The van der Waals surface area contributed by atoms with Crippen LogP contribution in [0.1, 0.15) is 16.7 Å². The number of amides is 1. The number of benzene rings is 3. The number of hydrogen-bond donors (Lipinski definition) is 1. The number of carbonyl (C=O) groups is 1. The molecule has 0 atom stereocenters.